The second kappa shape index (κ2) is 10.7. The predicted molar refractivity (Wildman–Crippen MR) is 141 cm³/mol. The van der Waals surface area contributed by atoms with Gasteiger partial charge in [0.1, 0.15) is 0 Å². The first-order valence-corrected chi connectivity index (χ1v) is 12.5. The molecule has 1 aliphatic rings. The van der Waals surface area contributed by atoms with Crippen molar-refractivity contribution >= 4 is 35.3 Å². The van der Waals surface area contributed by atoms with Crippen LogP contribution in [-0.2, 0) is 11.3 Å². The fraction of sp³-hybridized carbons (Fsp3) is 0.241. The number of rotatable bonds is 7. The van der Waals surface area contributed by atoms with E-state index in [0.29, 0.717) is 29.5 Å². The molecule has 4 rings (SSSR count). The van der Waals surface area contributed by atoms with Crippen molar-refractivity contribution < 1.29 is 9.59 Å². The van der Waals surface area contributed by atoms with Gasteiger partial charge in [-0.1, -0.05) is 79.7 Å². The lowest BCUT2D eigenvalue weighted by atomic mass is 10.1. The Labute approximate surface area is 206 Å². The Morgan fingerprint density at radius 2 is 1.79 bits per heavy atom. The van der Waals surface area contributed by atoms with Crippen molar-refractivity contribution in [2.45, 2.75) is 38.6 Å². The van der Waals surface area contributed by atoms with Gasteiger partial charge in [0.05, 0.1) is 17.1 Å². The third kappa shape index (κ3) is 5.78. The Balaban J connectivity index is 1.55. The fourth-order valence-corrected chi connectivity index (χ4v) is 4.93. The summed E-state index contributed by atoms with van der Waals surface area (Å²) in [6.45, 7) is 7.53. The number of thioether (sulfide) groups is 1. The second-order valence-electron chi connectivity index (χ2n) is 9.02. The number of hydrogen-bond acceptors (Lipinski definition) is 3. The number of anilines is 1. The van der Waals surface area contributed by atoms with Crippen LogP contribution < -0.4 is 10.2 Å². The topological polar surface area (TPSA) is 49.4 Å². The number of fused-ring (bicyclic) bond motifs is 1. The van der Waals surface area contributed by atoms with E-state index in [4.69, 9.17) is 0 Å². The highest BCUT2D eigenvalue weighted by Gasteiger charge is 2.29. The van der Waals surface area contributed by atoms with Gasteiger partial charge >= 0.3 is 0 Å². The molecule has 2 amide bonds. The van der Waals surface area contributed by atoms with Gasteiger partial charge in [-0.25, -0.2) is 0 Å². The minimum absolute atomic E-state index is 0.0132. The summed E-state index contributed by atoms with van der Waals surface area (Å²) in [6.07, 6.45) is 2.86. The first-order valence-electron chi connectivity index (χ1n) is 11.6. The van der Waals surface area contributed by atoms with Crippen molar-refractivity contribution in [3.63, 3.8) is 0 Å². The first-order chi connectivity index (χ1) is 16.4. The number of carbonyl (C=O) groups is 2. The Morgan fingerprint density at radius 1 is 1.03 bits per heavy atom. The average molecular weight is 471 g/mol. The minimum atomic E-state index is -0.0683. The normalized spacial score (nSPS) is 14.4. The molecular formula is C29H30N2O2S. The van der Waals surface area contributed by atoms with Gasteiger partial charge in [0.25, 0.3) is 11.8 Å². The van der Waals surface area contributed by atoms with Crippen molar-refractivity contribution in [2.75, 3.05) is 11.4 Å². The highest BCUT2D eigenvalue weighted by molar-refractivity contribution is 8.04. The Bertz CT molecular complexity index is 1210. The smallest absolute Gasteiger partial charge is 0.265 e. The zero-order valence-corrected chi connectivity index (χ0v) is 20.7. The summed E-state index contributed by atoms with van der Waals surface area (Å²) >= 11 is 1.49. The number of hydrogen-bond donors (Lipinski definition) is 1. The van der Waals surface area contributed by atoms with E-state index in [1.165, 1.54) is 17.3 Å². The van der Waals surface area contributed by atoms with Gasteiger partial charge in [-0.05, 0) is 60.7 Å². The molecule has 1 heterocycles. The van der Waals surface area contributed by atoms with Crippen molar-refractivity contribution in [3.8, 4) is 0 Å². The molecule has 0 atom stereocenters. The summed E-state index contributed by atoms with van der Waals surface area (Å²) in [4.78, 5) is 29.4. The molecular weight excluding hydrogens is 440 g/mol. The molecule has 34 heavy (non-hydrogen) atoms. The standard InChI is InChI=1S/C29H30N2O2S/c1-20(2)15-16-30-28(32)24-13-11-22(12-14-24)18-27-29(33)31(19-23-8-6-7-21(3)17-23)25-9-4-5-10-26(25)34-27/h4-14,17-18,20H,15-16,19H2,1-3H3,(H,30,32)/b27-18+. The molecule has 0 spiro atoms. The molecule has 0 saturated heterocycles. The van der Waals surface area contributed by atoms with Gasteiger partial charge in [0.2, 0.25) is 0 Å². The molecule has 5 heteroatoms. The molecule has 1 aliphatic heterocycles. The SMILES string of the molecule is Cc1cccc(CN2C(=O)/C(=C\c3ccc(C(=O)NCCC(C)C)cc3)Sc3ccccc32)c1. The summed E-state index contributed by atoms with van der Waals surface area (Å²) in [5.41, 5.74) is 4.73. The van der Waals surface area contributed by atoms with Crippen LogP contribution in [0.3, 0.4) is 0 Å². The summed E-state index contributed by atoms with van der Waals surface area (Å²) in [7, 11) is 0. The molecule has 0 radical (unpaired) electrons. The van der Waals surface area contributed by atoms with Crippen molar-refractivity contribution in [3.05, 3.63) is 100.0 Å². The van der Waals surface area contributed by atoms with E-state index in [0.717, 1.165) is 28.1 Å². The van der Waals surface area contributed by atoms with E-state index in [1.807, 2.05) is 65.6 Å². The fourth-order valence-electron chi connectivity index (χ4n) is 3.87. The summed E-state index contributed by atoms with van der Waals surface area (Å²) in [5, 5.41) is 2.96. The monoisotopic (exact) mass is 470 g/mol. The molecule has 0 aromatic heterocycles. The molecule has 0 unspecified atom stereocenters. The molecule has 0 bridgehead atoms. The lowest BCUT2D eigenvalue weighted by Gasteiger charge is -2.30. The van der Waals surface area contributed by atoms with Crippen molar-refractivity contribution in [1.29, 1.82) is 0 Å². The first kappa shape index (κ1) is 23.8. The number of para-hydroxylation sites is 1. The minimum Gasteiger partial charge on any atom is -0.352 e. The maximum Gasteiger partial charge on any atom is 0.265 e. The van der Waals surface area contributed by atoms with E-state index in [2.05, 4.69) is 44.3 Å². The maximum absolute atomic E-state index is 13.5. The van der Waals surface area contributed by atoms with Crippen LogP contribution in [0.15, 0.2) is 82.6 Å². The molecule has 0 saturated carbocycles. The van der Waals surface area contributed by atoms with Crippen LogP contribution >= 0.6 is 11.8 Å². The molecule has 3 aromatic rings. The van der Waals surface area contributed by atoms with Crippen LogP contribution in [-0.4, -0.2) is 18.4 Å². The van der Waals surface area contributed by atoms with Crippen LogP contribution in [0.5, 0.6) is 0 Å². The van der Waals surface area contributed by atoms with Crippen LogP contribution in [0, 0.1) is 12.8 Å². The van der Waals surface area contributed by atoms with E-state index >= 15 is 0 Å². The van der Waals surface area contributed by atoms with Crippen molar-refractivity contribution in [1.82, 2.24) is 5.32 Å². The van der Waals surface area contributed by atoms with Crippen LogP contribution in [0.2, 0.25) is 0 Å². The van der Waals surface area contributed by atoms with Gasteiger partial charge in [-0.2, -0.15) is 0 Å². The molecule has 0 fully saturated rings. The number of benzene rings is 3. The molecule has 0 aliphatic carbocycles. The zero-order valence-electron chi connectivity index (χ0n) is 19.9. The lowest BCUT2D eigenvalue weighted by Crippen LogP contribution is -2.33. The van der Waals surface area contributed by atoms with E-state index in [-0.39, 0.29) is 11.8 Å². The summed E-state index contributed by atoms with van der Waals surface area (Å²) < 4.78 is 0. The zero-order chi connectivity index (χ0) is 24.1. The van der Waals surface area contributed by atoms with Crippen LogP contribution in [0.4, 0.5) is 5.69 Å². The highest BCUT2D eigenvalue weighted by atomic mass is 32.2. The van der Waals surface area contributed by atoms with Gasteiger partial charge < -0.3 is 10.2 Å². The number of nitrogens with one attached hydrogen (secondary N) is 1. The Kier molecular flexibility index (Phi) is 7.53. The third-order valence-electron chi connectivity index (χ3n) is 5.73. The number of aryl methyl sites for hydroxylation is 1. The quantitative estimate of drug-likeness (QED) is 0.404. The number of carbonyl (C=O) groups excluding carboxylic acids is 2. The summed E-state index contributed by atoms with van der Waals surface area (Å²) in [6, 6.07) is 23.7. The van der Waals surface area contributed by atoms with E-state index in [9.17, 15) is 9.59 Å². The van der Waals surface area contributed by atoms with Gasteiger partial charge in [0.15, 0.2) is 0 Å². The van der Waals surface area contributed by atoms with E-state index in [1.54, 1.807) is 0 Å². The Hall–Kier alpha value is -3.31. The van der Waals surface area contributed by atoms with Crippen LogP contribution in [0.25, 0.3) is 6.08 Å². The molecule has 1 N–H and O–H groups in total. The summed E-state index contributed by atoms with van der Waals surface area (Å²) in [5.74, 6) is 0.470. The van der Waals surface area contributed by atoms with Gasteiger partial charge in [-0.3, -0.25) is 9.59 Å². The number of nitrogens with zero attached hydrogens (tertiary/aromatic N) is 1. The third-order valence-corrected chi connectivity index (χ3v) is 6.81. The van der Waals surface area contributed by atoms with E-state index < -0.39 is 0 Å². The van der Waals surface area contributed by atoms with Crippen LogP contribution in [0.1, 0.15) is 47.3 Å². The molecule has 3 aromatic carbocycles. The van der Waals surface area contributed by atoms with Gasteiger partial charge in [-0.15, -0.1) is 0 Å². The number of amides is 2. The predicted octanol–water partition coefficient (Wildman–Crippen LogP) is 6.45. The second-order valence-corrected chi connectivity index (χ2v) is 10.1. The largest absolute Gasteiger partial charge is 0.352 e. The maximum atomic E-state index is 13.5. The molecule has 174 valence electrons. The van der Waals surface area contributed by atoms with Crippen molar-refractivity contribution in [2.24, 2.45) is 5.92 Å². The van der Waals surface area contributed by atoms with Gasteiger partial charge in [0, 0.05) is 17.0 Å². The average Bonchev–Trinajstić information content (AvgIpc) is 2.82. The lowest BCUT2D eigenvalue weighted by molar-refractivity contribution is -0.114. The Morgan fingerprint density at radius 3 is 2.53 bits per heavy atom. The molecule has 4 nitrogen and oxygen atoms in total. The highest BCUT2D eigenvalue weighted by Crippen LogP contribution is 2.42.